The summed E-state index contributed by atoms with van der Waals surface area (Å²) < 4.78 is 17.7. The molecule has 2 aromatic heterocycles. The second-order valence-corrected chi connectivity index (χ2v) is 8.36. The molecule has 2 aliphatic rings. The molecule has 3 heterocycles. The first kappa shape index (κ1) is 16.7. The van der Waals surface area contributed by atoms with Crippen molar-refractivity contribution in [2.24, 2.45) is 0 Å². The SMILES string of the molecule is [O-][S@+]1CCc2nc(-c3ccc(-c4ncco4)cc3)nc(NC3CC(O)C3)c21. The largest absolute Gasteiger partial charge is 0.611 e. The Balaban J connectivity index is 1.49. The summed E-state index contributed by atoms with van der Waals surface area (Å²) in [7, 11) is 0. The smallest absolute Gasteiger partial charge is 0.225 e. The summed E-state index contributed by atoms with van der Waals surface area (Å²) in [5.74, 6) is 2.39. The van der Waals surface area contributed by atoms with Gasteiger partial charge in [-0.2, -0.15) is 0 Å². The fourth-order valence-electron chi connectivity index (χ4n) is 3.45. The molecule has 2 N–H and O–H groups in total. The Morgan fingerprint density at radius 1 is 1.15 bits per heavy atom. The number of fused-ring (bicyclic) bond motifs is 1. The van der Waals surface area contributed by atoms with Gasteiger partial charge in [0.15, 0.2) is 11.6 Å². The predicted octanol–water partition coefficient (Wildman–Crippen LogP) is 2.40. The quantitative estimate of drug-likeness (QED) is 0.667. The van der Waals surface area contributed by atoms with Crippen LogP contribution in [0.15, 0.2) is 46.0 Å². The number of hydrogen-bond acceptors (Lipinski definition) is 7. The summed E-state index contributed by atoms with van der Waals surface area (Å²) in [6.07, 6.45) is 4.96. The number of hydrogen-bond donors (Lipinski definition) is 2. The first-order chi connectivity index (χ1) is 13.2. The van der Waals surface area contributed by atoms with Gasteiger partial charge in [0.25, 0.3) is 0 Å². The van der Waals surface area contributed by atoms with Gasteiger partial charge in [-0.3, -0.25) is 0 Å². The summed E-state index contributed by atoms with van der Waals surface area (Å²) in [4.78, 5) is 14.2. The number of rotatable bonds is 4. The monoisotopic (exact) mass is 382 g/mol. The van der Waals surface area contributed by atoms with Crippen LogP contribution in [0.2, 0.25) is 0 Å². The number of oxazole rings is 1. The summed E-state index contributed by atoms with van der Waals surface area (Å²) in [6, 6.07) is 7.88. The number of nitrogens with one attached hydrogen (secondary N) is 1. The van der Waals surface area contributed by atoms with Crippen LogP contribution in [0.5, 0.6) is 0 Å². The third-order valence-corrected chi connectivity index (χ3v) is 6.42. The highest BCUT2D eigenvalue weighted by Crippen LogP contribution is 2.35. The zero-order chi connectivity index (χ0) is 18.4. The molecular formula is C19H18N4O3S. The van der Waals surface area contributed by atoms with Crippen LogP contribution in [0.25, 0.3) is 22.8 Å². The van der Waals surface area contributed by atoms with E-state index in [-0.39, 0.29) is 12.1 Å². The second kappa shape index (κ2) is 6.63. The lowest BCUT2D eigenvalue weighted by molar-refractivity contribution is 0.0834. The standard InChI is InChI=1S/C19H18N4O3S/c24-14-9-13(10-14)21-18-16-15(5-8-27(16)25)22-17(23-18)11-1-3-12(4-2-11)19-20-6-7-26-19/h1-4,6-7,13-14,24H,5,8-10H2,(H,21,22,23)/t13?,14?,27-/m1/s1. The second-order valence-electron chi connectivity index (χ2n) is 6.85. The molecule has 0 unspecified atom stereocenters. The number of aromatic nitrogens is 3. The van der Waals surface area contributed by atoms with Crippen molar-refractivity contribution in [1.29, 1.82) is 0 Å². The molecule has 1 saturated carbocycles. The molecular weight excluding hydrogens is 364 g/mol. The molecule has 0 spiro atoms. The molecule has 1 aliphatic carbocycles. The molecule has 1 atom stereocenters. The molecule has 138 valence electrons. The summed E-state index contributed by atoms with van der Waals surface area (Å²) in [6.45, 7) is 0. The van der Waals surface area contributed by atoms with Crippen LogP contribution in [-0.4, -0.2) is 42.5 Å². The zero-order valence-corrected chi connectivity index (χ0v) is 15.3. The molecule has 7 nitrogen and oxygen atoms in total. The van der Waals surface area contributed by atoms with E-state index in [0.717, 1.165) is 21.7 Å². The van der Waals surface area contributed by atoms with Crippen molar-refractivity contribution >= 4 is 17.0 Å². The van der Waals surface area contributed by atoms with E-state index in [0.29, 0.717) is 42.5 Å². The number of benzene rings is 1. The van der Waals surface area contributed by atoms with Crippen LogP contribution in [0.4, 0.5) is 5.82 Å². The first-order valence-corrected chi connectivity index (χ1v) is 10.2. The van der Waals surface area contributed by atoms with Crippen molar-refractivity contribution in [1.82, 2.24) is 15.0 Å². The van der Waals surface area contributed by atoms with Gasteiger partial charge in [-0.05, 0) is 36.2 Å². The van der Waals surface area contributed by atoms with Gasteiger partial charge >= 0.3 is 0 Å². The summed E-state index contributed by atoms with van der Waals surface area (Å²) >= 11 is -1.07. The number of aryl methyl sites for hydroxylation is 1. The van der Waals surface area contributed by atoms with E-state index in [9.17, 15) is 9.66 Å². The third kappa shape index (κ3) is 3.09. The highest BCUT2D eigenvalue weighted by atomic mass is 32.2. The maximum atomic E-state index is 12.4. The van der Waals surface area contributed by atoms with Gasteiger partial charge in [0, 0.05) is 23.6 Å². The van der Waals surface area contributed by atoms with E-state index in [1.807, 2.05) is 24.3 Å². The Bertz CT molecular complexity index is 956. The highest BCUT2D eigenvalue weighted by molar-refractivity contribution is 7.91. The number of anilines is 1. The fourth-order valence-corrected chi connectivity index (χ4v) is 4.76. The third-order valence-electron chi connectivity index (χ3n) is 4.96. The molecule has 0 amide bonds. The normalized spacial score (nSPS) is 23.7. The first-order valence-electron chi connectivity index (χ1n) is 8.91. The molecule has 0 bridgehead atoms. The van der Waals surface area contributed by atoms with E-state index in [1.165, 1.54) is 0 Å². The molecule has 0 radical (unpaired) electrons. The van der Waals surface area contributed by atoms with Gasteiger partial charge in [-0.15, -0.1) is 0 Å². The van der Waals surface area contributed by atoms with E-state index >= 15 is 0 Å². The Labute approximate surface area is 159 Å². The van der Waals surface area contributed by atoms with Crippen molar-refractivity contribution in [3.05, 3.63) is 42.4 Å². The lowest BCUT2D eigenvalue weighted by Crippen LogP contribution is -2.39. The van der Waals surface area contributed by atoms with Crippen LogP contribution in [0.3, 0.4) is 0 Å². The maximum Gasteiger partial charge on any atom is 0.225 e. The van der Waals surface area contributed by atoms with Crippen LogP contribution in [0.1, 0.15) is 18.5 Å². The van der Waals surface area contributed by atoms with Gasteiger partial charge in [0.05, 0.1) is 12.3 Å². The summed E-state index contributed by atoms with van der Waals surface area (Å²) in [5, 5.41) is 12.9. The highest BCUT2D eigenvalue weighted by Gasteiger charge is 2.35. The number of aliphatic hydroxyl groups is 1. The molecule has 1 aliphatic heterocycles. The van der Waals surface area contributed by atoms with Crippen LogP contribution < -0.4 is 5.32 Å². The van der Waals surface area contributed by atoms with E-state index in [2.05, 4.69) is 20.3 Å². The average molecular weight is 382 g/mol. The van der Waals surface area contributed by atoms with E-state index in [4.69, 9.17) is 4.42 Å². The number of nitrogens with zero attached hydrogens (tertiary/aromatic N) is 3. The van der Waals surface area contributed by atoms with Gasteiger partial charge in [0.1, 0.15) is 17.7 Å². The van der Waals surface area contributed by atoms with Crippen molar-refractivity contribution in [2.75, 3.05) is 11.1 Å². The van der Waals surface area contributed by atoms with Crippen molar-refractivity contribution in [3.8, 4) is 22.8 Å². The molecule has 27 heavy (non-hydrogen) atoms. The predicted molar refractivity (Wildman–Crippen MR) is 101 cm³/mol. The average Bonchev–Trinajstić information content (AvgIpc) is 3.31. The van der Waals surface area contributed by atoms with Crippen molar-refractivity contribution < 1.29 is 14.1 Å². The minimum absolute atomic E-state index is 0.164. The van der Waals surface area contributed by atoms with Gasteiger partial charge < -0.3 is 19.4 Å². The minimum atomic E-state index is -1.07. The summed E-state index contributed by atoms with van der Waals surface area (Å²) in [5.41, 5.74) is 2.60. The van der Waals surface area contributed by atoms with Crippen molar-refractivity contribution in [3.63, 3.8) is 0 Å². The Morgan fingerprint density at radius 2 is 1.93 bits per heavy atom. The Morgan fingerprint density at radius 3 is 2.63 bits per heavy atom. The van der Waals surface area contributed by atoms with Gasteiger partial charge in [-0.25, -0.2) is 15.0 Å². The molecule has 3 aromatic rings. The van der Waals surface area contributed by atoms with E-state index < -0.39 is 11.2 Å². The van der Waals surface area contributed by atoms with Gasteiger partial charge in [0.2, 0.25) is 10.8 Å². The maximum absolute atomic E-state index is 12.4. The zero-order valence-electron chi connectivity index (χ0n) is 14.5. The molecule has 8 heteroatoms. The topological polar surface area (TPSA) is 107 Å². The van der Waals surface area contributed by atoms with Gasteiger partial charge in [-0.1, -0.05) is 12.1 Å². The van der Waals surface area contributed by atoms with E-state index in [1.54, 1.807) is 12.5 Å². The van der Waals surface area contributed by atoms with Crippen molar-refractivity contribution in [2.45, 2.75) is 36.3 Å². The molecule has 5 rings (SSSR count). The molecule has 0 saturated heterocycles. The minimum Gasteiger partial charge on any atom is -0.611 e. The van der Waals surface area contributed by atoms with Crippen LogP contribution in [0, 0.1) is 0 Å². The lowest BCUT2D eigenvalue weighted by Gasteiger charge is -2.32. The fraction of sp³-hybridized carbons (Fsp3) is 0.316. The van der Waals surface area contributed by atoms with Crippen LogP contribution in [-0.2, 0) is 17.6 Å². The molecule has 1 fully saturated rings. The number of aliphatic hydroxyl groups excluding tert-OH is 1. The molecule has 1 aromatic carbocycles. The lowest BCUT2D eigenvalue weighted by atomic mass is 9.89. The van der Waals surface area contributed by atoms with Crippen LogP contribution >= 0.6 is 0 Å². The Kier molecular flexibility index (Phi) is 4.11. The Hall–Kier alpha value is -2.42.